The van der Waals surface area contributed by atoms with Gasteiger partial charge in [-0.1, -0.05) is 6.07 Å². The average Bonchev–Trinajstić information content (AvgIpc) is 3.12. The van der Waals surface area contributed by atoms with Crippen LogP contribution in [0.5, 0.6) is 0 Å². The number of carbonyl (C=O) groups is 3. The zero-order chi connectivity index (χ0) is 18.0. The number of halogens is 1. The number of primary amides is 1. The minimum atomic E-state index is -0.572. The molecular formula is C17H15IN2O4S. The number of amides is 2. The van der Waals surface area contributed by atoms with Crippen LogP contribution in [-0.2, 0) is 22.4 Å². The maximum absolute atomic E-state index is 12.1. The normalized spacial score (nSPS) is 12.5. The summed E-state index contributed by atoms with van der Waals surface area (Å²) in [5.74, 6) is -1.62. The van der Waals surface area contributed by atoms with Crippen molar-refractivity contribution in [1.82, 2.24) is 0 Å². The van der Waals surface area contributed by atoms with Gasteiger partial charge >= 0.3 is 5.97 Å². The molecule has 1 heterocycles. The molecule has 8 heteroatoms. The maximum Gasteiger partial charge on any atom is 0.338 e. The molecule has 3 rings (SSSR count). The van der Waals surface area contributed by atoms with E-state index in [0.717, 1.165) is 33.3 Å². The van der Waals surface area contributed by atoms with Crippen molar-refractivity contribution >= 4 is 56.7 Å². The van der Waals surface area contributed by atoms with E-state index >= 15 is 0 Å². The third-order valence-electron chi connectivity index (χ3n) is 3.82. The molecule has 1 aromatic carbocycles. The summed E-state index contributed by atoms with van der Waals surface area (Å²) in [6.45, 7) is -0.426. The maximum atomic E-state index is 12.1. The SMILES string of the molecule is NC(=O)c1c(NC(=O)COC(=O)c2cccc(I)c2)sc2c1CCC2. The summed E-state index contributed by atoms with van der Waals surface area (Å²) in [5, 5.41) is 3.08. The van der Waals surface area contributed by atoms with Crippen LogP contribution < -0.4 is 11.1 Å². The summed E-state index contributed by atoms with van der Waals surface area (Å²) < 4.78 is 5.93. The van der Waals surface area contributed by atoms with Gasteiger partial charge in [0.2, 0.25) is 0 Å². The van der Waals surface area contributed by atoms with E-state index in [4.69, 9.17) is 10.5 Å². The summed E-state index contributed by atoms with van der Waals surface area (Å²) >= 11 is 3.45. The Bertz CT molecular complexity index is 862. The van der Waals surface area contributed by atoms with Gasteiger partial charge in [-0.25, -0.2) is 4.79 Å². The molecule has 1 aliphatic rings. The number of hydrogen-bond acceptors (Lipinski definition) is 5. The molecule has 0 saturated carbocycles. The molecule has 0 aliphatic heterocycles. The van der Waals surface area contributed by atoms with E-state index in [1.54, 1.807) is 18.2 Å². The van der Waals surface area contributed by atoms with Crippen molar-refractivity contribution in [3.8, 4) is 0 Å². The molecule has 25 heavy (non-hydrogen) atoms. The Labute approximate surface area is 161 Å². The van der Waals surface area contributed by atoms with E-state index in [-0.39, 0.29) is 0 Å². The van der Waals surface area contributed by atoms with E-state index in [0.29, 0.717) is 16.1 Å². The van der Waals surface area contributed by atoms with Gasteiger partial charge in [-0.15, -0.1) is 11.3 Å². The number of anilines is 1. The zero-order valence-electron chi connectivity index (χ0n) is 13.1. The van der Waals surface area contributed by atoms with E-state index in [1.807, 2.05) is 6.07 Å². The quantitative estimate of drug-likeness (QED) is 0.519. The van der Waals surface area contributed by atoms with Crippen molar-refractivity contribution in [2.75, 3.05) is 11.9 Å². The first-order valence-corrected chi connectivity index (χ1v) is 9.52. The molecule has 2 amide bonds. The highest BCUT2D eigenvalue weighted by molar-refractivity contribution is 14.1. The van der Waals surface area contributed by atoms with E-state index in [9.17, 15) is 14.4 Å². The third-order valence-corrected chi connectivity index (χ3v) is 5.69. The second-order valence-electron chi connectivity index (χ2n) is 5.56. The molecule has 0 atom stereocenters. The average molecular weight is 470 g/mol. The second kappa shape index (κ2) is 7.52. The van der Waals surface area contributed by atoms with Gasteiger partial charge in [-0.3, -0.25) is 9.59 Å². The molecule has 130 valence electrons. The molecule has 0 spiro atoms. The van der Waals surface area contributed by atoms with E-state index in [1.165, 1.54) is 11.3 Å². The Hall–Kier alpha value is -1.94. The van der Waals surface area contributed by atoms with Gasteiger partial charge < -0.3 is 15.8 Å². The molecule has 6 nitrogen and oxygen atoms in total. The van der Waals surface area contributed by atoms with Crippen molar-refractivity contribution in [1.29, 1.82) is 0 Å². The van der Waals surface area contributed by atoms with Crippen molar-refractivity contribution in [2.45, 2.75) is 19.3 Å². The Morgan fingerprint density at radius 2 is 2.08 bits per heavy atom. The molecule has 2 aromatic rings. The van der Waals surface area contributed by atoms with Crippen molar-refractivity contribution in [2.24, 2.45) is 5.73 Å². The molecule has 0 fully saturated rings. The number of ether oxygens (including phenoxy) is 1. The molecule has 1 aromatic heterocycles. The number of fused-ring (bicyclic) bond motifs is 1. The first kappa shape index (κ1) is 17.9. The van der Waals surface area contributed by atoms with Crippen LogP contribution in [0, 0.1) is 3.57 Å². The molecular weight excluding hydrogens is 455 g/mol. The largest absolute Gasteiger partial charge is 0.452 e. The molecule has 1 aliphatic carbocycles. The van der Waals surface area contributed by atoms with E-state index in [2.05, 4.69) is 27.9 Å². The summed E-state index contributed by atoms with van der Waals surface area (Å²) in [6, 6.07) is 6.89. The van der Waals surface area contributed by atoms with Crippen molar-refractivity contribution in [3.63, 3.8) is 0 Å². The van der Waals surface area contributed by atoms with Gasteiger partial charge in [0.15, 0.2) is 6.61 Å². The number of carbonyl (C=O) groups excluding carboxylic acids is 3. The van der Waals surface area contributed by atoms with Crippen LogP contribution in [0.15, 0.2) is 24.3 Å². The number of aryl methyl sites for hydroxylation is 1. The van der Waals surface area contributed by atoms with Gasteiger partial charge in [0, 0.05) is 8.45 Å². The van der Waals surface area contributed by atoms with Crippen LogP contribution >= 0.6 is 33.9 Å². The Balaban J connectivity index is 1.64. The minimum Gasteiger partial charge on any atom is -0.452 e. The fourth-order valence-corrected chi connectivity index (χ4v) is 4.60. The summed E-state index contributed by atoms with van der Waals surface area (Å²) in [5.41, 5.74) is 7.15. The van der Waals surface area contributed by atoms with E-state index < -0.39 is 24.4 Å². The van der Waals surface area contributed by atoms with Gasteiger partial charge in [-0.2, -0.15) is 0 Å². The number of hydrogen-bond donors (Lipinski definition) is 2. The highest BCUT2D eigenvalue weighted by atomic mass is 127. The fourth-order valence-electron chi connectivity index (χ4n) is 2.75. The van der Waals surface area contributed by atoms with Crippen LogP contribution in [0.3, 0.4) is 0 Å². The molecule has 0 unspecified atom stereocenters. The second-order valence-corrected chi connectivity index (χ2v) is 7.91. The summed E-state index contributed by atoms with van der Waals surface area (Å²) in [7, 11) is 0. The first-order chi connectivity index (χ1) is 12.0. The lowest BCUT2D eigenvalue weighted by atomic mass is 10.1. The Kier molecular flexibility index (Phi) is 5.38. The molecule has 0 radical (unpaired) electrons. The molecule has 0 saturated heterocycles. The zero-order valence-corrected chi connectivity index (χ0v) is 16.1. The predicted molar refractivity (Wildman–Crippen MR) is 103 cm³/mol. The number of nitrogens with one attached hydrogen (secondary N) is 1. The summed E-state index contributed by atoms with van der Waals surface area (Å²) in [4.78, 5) is 36.8. The van der Waals surface area contributed by atoms with Gasteiger partial charge in [0.05, 0.1) is 11.1 Å². The highest BCUT2D eigenvalue weighted by Crippen LogP contribution is 2.38. The van der Waals surface area contributed by atoms with Gasteiger partial charge in [0.25, 0.3) is 11.8 Å². The standard InChI is InChI=1S/C17H15IN2O4S/c18-10-4-1-3-9(7-10)17(23)24-8-13(21)20-16-14(15(19)22)11-5-2-6-12(11)25-16/h1,3-4,7H,2,5-6,8H2,(H2,19,22)(H,20,21). The predicted octanol–water partition coefficient (Wildman–Crippen LogP) is 2.74. The highest BCUT2D eigenvalue weighted by Gasteiger charge is 2.26. The monoisotopic (exact) mass is 470 g/mol. The topological polar surface area (TPSA) is 98.5 Å². The number of nitrogens with two attached hydrogens (primary N) is 1. The first-order valence-electron chi connectivity index (χ1n) is 7.62. The van der Waals surface area contributed by atoms with Gasteiger partial charge in [0.1, 0.15) is 5.00 Å². The summed E-state index contributed by atoms with van der Waals surface area (Å²) in [6.07, 6.45) is 2.67. The van der Waals surface area contributed by atoms with Crippen LogP contribution in [0.2, 0.25) is 0 Å². The third kappa shape index (κ3) is 4.01. The van der Waals surface area contributed by atoms with Crippen molar-refractivity contribution in [3.05, 3.63) is 49.4 Å². The smallest absolute Gasteiger partial charge is 0.338 e. The van der Waals surface area contributed by atoms with Crippen molar-refractivity contribution < 1.29 is 19.1 Å². The number of rotatable bonds is 5. The van der Waals surface area contributed by atoms with Crippen LogP contribution in [0.4, 0.5) is 5.00 Å². The minimum absolute atomic E-state index is 0.382. The number of thiophene rings is 1. The Morgan fingerprint density at radius 3 is 2.80 bits per heavy atom. The number of esters is 1. The lowest BCUT2D eigenvalue weighted by Crippen LogP contribution is -2.22. The molecule has 0 bridgehead atoms. The Morgan fingerprint density at radius 1 is 1.28 bits per heavy atom. The number of benzene rings is 1. The van der Waals surface area contributed by atoms with Crippen LogP contribution in [0.25, 0.3) is 0 Å². The van der Waals surface area contributed by atoms with Crippen LogP contribution in [-0.4, -0.2) is 24.4 Å². The van der Waals surface area contributed by atoms with Crippen LogP contribution in [0.1, 0.15) is 37.6 Å². The lowest BCUT2D eigenvalue weighted by Gasteiger charge is -2.07. The lowest BCUT2D eigenvalue weighted by molar-refractivity contribution is -0.119. The van der Waals surface area contributed by atoms with Gasteiger partial charge in [-0.05, 0) is 65.6 Å². The molecule has 3 N–H and O–H groups in total. The fraction of sp³-hybridized carbons (Fsp3) is 0.235.